The van der Waals surface area contributed by atoms with Crippen molar-refractivity contribution >= 4 is 44.2 Å². The van der Waals surface area contributed by atoms with Crippen LogP contribution in [0.5, 0.6) is 0 Å². The van der Waals surface area contributed by atoms with Crippen molar-refractivity contribution in [2.24, 2.45) is 7.05 Å². The molecule has 3 heterocycles. The SMILES string of the molecule is Cc1ccc(-c2c(C)sc3nc(CSc4nc5ccc(C)cc5c(=O)n4C)[nH]c(=O)c23)cc1. The van der Waals surface area contributed by atoms with Gasteiger partial charge in [0, 0.05) is 17.5 Å². The van der Waals surface area contributed by atoms with Gasteiger partial charge in [0.05, 0.1) is 22.0 Å². The second-order valence-corrected chi connectivity index (χ2v) is 10.3. The first-order valence-corrected chi connectivity index (χ1v) is 12.3. The van der Waals surface area contributed by atoms with E-state index < -0.39 is 0 Å². The van der Waals surface area contributed by atoms with E-state index in [-0.39, 0.29) is 11.1 Å². The van der Waals surface area contributed by atoms with E-state index in [2.05, 4.69) is 9.97 Å². The maximum absolute atomic E-state index is 13.0. The van der Waals surface area contributed by atoms with Crippen molar-refractivity contribution in [1.29, 1.82) is 0 Å². The highest BCUT2D eigenvalue weighted by molar-refractivity contribution is 7.98. The number of aryl methyl sites for hydroxylation is 3. The van der Waals surface area contributed by atoms with Crippen LogP contribution >= 0.6 is 23.1 Å². The first-order valence-electron chi connectivity index (χ1n) is 10.5. The van der Waals surface area contributed by atoms with E-state index in [1.54, 1.807) is 11.6 Å². The number of hydrogen-bond donors (Lipinski definition) is 1. The highest BCUT2D eigenvalue weighted by Gasteiger charge is 2.17. The summed E-state index contributed by atoms with van der Waals surface area (Å²) >= 11 is 2.91. The molecule has 3 aromatic heterocycles. The molecule has 0 spiro atoms. The smallest absolute Gasteiger partial charge is 0.261 e. The van der Waals surface area contributed by atoms with E-state index in [4.69, 9.17) is 4.98 Å². The lowest BCUT2D eigenvalue weighted by molar-refractivity contribution is 0.725. The van der Waals surface area contributed by atoms with Gasteiger partial charge >= 0.3 is 0 Å². The van der Waals surface area contributed by atoms with Gasteiger partial charge in [-0.15, -0.1) is 11.3 Å². The third kappa shape index (κ3) is 3.89. The summed E-state index contributed by atoms with van der Waals surface area (Å²) in [5.74, 6) is 0.965. The van der Waals surface area contributed by atoms with Crippen molar-refractivity contribution < 1.29 is 0 Å². The second-order valence-electron chi connectivity index (χ2n) is 8.16. The third-order valence-corrected chi connectivity index (χ3v) is 7.70. The molecule has 0 aliphatic rings. The molecule has 0 saturated heterocycles. The molecular formula is C25H22N4O2S2. The number of aromatic nitrogens is 4. The minimum atomic E-state index is -0.147. The summed E-state index contributed by atoms with van der Waals surface area (Å²) in [6.45, 7) is 6.02. The number of aromatic amines is 1. The number of nitrogens with zero attached hydrogens (tertiary/aromatic N) is 3. The number of hydrogen-bond acceptors (Lipinski definition) is 6. The first-order chi connectivity index (χ1) is 15.8. The number of benzene rings is 2. The lowest BCUT2D eigenvalue weighted by atomic mass is 10.0. The quantitative estimate of drug-likeness (QED) is 0.289. The molecule has 0 saturated carbocycles. The predicted molar refractivity (Wildman–Crippen MR) is 136 cm³/mol. The maximum atomic E-state index is 13.0. The fourth-order valence-corrected chi connectivity index (χ4v) is 5.83. The molecule has 0 atom stereocenters. The molecule has 8 heteroatoms. The lowest BCUT2D eigenvalue weighted by Gasteiger charge is -2.09. The normalized spacial score (nSPS) is 11.5. The number of thiophene rings is 1. The van der Waals surface area contributed by atoms with Gasteiger partial charge in [0.15, 0.2) is 5.16 Å². The van der Waals surface area contributed by atoms with Crippen LogP contribution in [0.4, 0.5) is 0 Å². The number of fused-ring (bicyclic) bond motifs is 2. The number of H-pyrrole nitrogens is 1. The van der Waals surface area contributed by atoms with Crippen LogP contribution in [0.15, 0.2) is 57.2 Å². The van der Waals surface area contributed by atoms with Gasteiger partial charge in [0.25, 0.3) is 11.1 Å². The molecule has 2 aromatic carbocycles. The molecule has 1 N–H and O–H groups in total. The van der Waals surface area contributed by atoms with E-state index in [0.717, 1.165) is 26.4 Å². The highest BCUT2D eigenvalue weighted by Crippen LogP contribution is 2.35. The third-order valence-electron chi connectivity index (χ3n) is 5.66. The predicted octanol–water partition coefficient (Wildman–Crippen LogP) is 5.12. The maximum Gasteiger partial charge on any atom is 0.261 e. The van der Waals surface area contributed by atoms with Gasteiger partial charge in [-0.05, 0) is 38.5 Å². The zero-order chi connectivity index (χ0) is 23.3. The highest BCUT2D eigenvalue weighted by atomic mass is 32.2. The zero-order valence-corrected chi connectivity index (χ0v) is 20.4. The summed E-state index contributed by atoms with van der Waals surface area (Å²) in [6.07, 6.45) is 0. The molecule has 0 radical (unpaired) electrons. The molecule has 0 fully saturated rings. The average Bonchev–Trinajstić information content (AvgIpc) is 3.12. The summed E-state index contributed by atoms with van der Waals surface area (Å²) in [5.41, 5.74) is 4.59. The van der Waals surface area contributed by atoms with Gasteiger partial charge in [-0.2, -0.15) is 0 Å². The van der Waals surface area contributed by atoms with Crippen LogP contribution in [0.3, 0.4) is 0 Å². The Hall–Kier alpha value is -3.23. The summed E-state index contributed by atoms with van der Waals surface area (Å²) in [7, 11) is 1.72. The average molecular weight is 475 g/mol. The molecule has 5 aromatic rings. The fourth-order valence-electron chi connectivity index (χ4n) is 3.93. The van der Waals surface area contributed by atoms with Crippen LogP contribution in [0.25, 0.3) is 32.2 Å². The Kier molecular flexibility index (Phi) is 5.42. The Morgan fingerprint density at radius 3 is 2.48 bits per heavy atom. The van der Waals surface area contributed by atoms with Gasteiger partial charge in [-0.3, -0.25) is 14.2 Å². The Morgan fingerprint density at radius 1 is 1.00 bits per heavy atom. The number of rotatable bonds is 4. The summed E-state index contributed by atoms with van der Waals surface area (Å²) < 4.78 is 1.55. The van der Waals surface area contributed by atoms with E-state index in [1.807, 2.05) is 63.2 Å². The van der Waals surface area contributed by atoms with Crippen molar-refractivity contribution in [2.45, 2.75) is 31.7 Å². The van der Waals surface area contributed by atoms with Gasteiger partial charge < -0.3 is 4.98 Å². The number of nitrogens with one attached hydrogen (secondary N) is 1. The summed E-state index contributed by atoms with van der Waals surface area (Å²) in [6, 6.07) is 13.8. The standard InChI is InChI=1S/C25H22N4O2S2/c1-13-5-8-16(9-6-13)20-15(3)33-23-21(20)22(30)27-19(28-23)12-32-25-26-18-10-7-14(2)11-17(18)24(31)29(25)4/h5-11H,12H2,1-4H3,(H,27,28,30). The number of thioether (sulfide) groups is 1. The largest absolute Gasteiger partial charge is 0.309 e. The molecule has 0 bridgehead atoms. The van der Waals surface area contributed by atoms with Crippen molar-refractivity contribution in [3.63, 3.8) is 0 Å². The molecule has 0 amide bonds. The van der Waals surface area contributed by atoms with Crippen LogP contribution in [-0.2, 0) is 12.8 Å². The van der Waals surface area contributed by atoms with Crippen LogP contribution < -0.4 is 11.1 Å². The van der Waals surface area contributed by atoms with E-state index in [0.29, 0.717) is 33.0 Å². The molecule has 166 valence electrons. The van der Waals surface area contributed by atoms with Gasteiger partial charge in [-0.25, -0.2) is 9.97 Å². The van der Waals surface area contributed by atoms with Crippen molar-refractivity contribution in [1.82, 2.24) is 19.5 Å². The Balaban J connectivity index is 1.50. The summed E-state index contributed by atoms with van der Waals surface area (Å²) in [5, 5.41) is 1.82. The Bertz CT molecular complexity index is 1650. The van der Waals surface area contributed by atoms with Crippen LogP contribution in [0.2, 0.25) is 0 Å². The monoisotopic (exact) mass is 474 g/mol. The van der Waals surface area contributed by atoms with E-state index in [9.17, 15) is 9.59 Å². The Morgan fingerprint density at radius 2 is 1.73 bits per heavy atom. The molecule has 0 aliphatic carbocycles. The first kappa shape index (κ1) is 21.6. The van der Waals surface area contributed by atoms with Gasteiger partial charge in [0.2, 0.25) is 0 Å². The van der Waals surface area contributed by atoms with Crippen LogP contribution in [0.1, 0.15) is 21.8 Å². The van der Waals surface area contributed by atoms with Crippen molar-refractivity contribution in [3.8, 4) is 11.1 Å². The van der Waals surface area contributed by atoms with Crippen LogP contribution in [0, 0.1) is 20.8 Å². The Labute approximate surface area is 198 Å². The molecule has 5 rings (SSSR count). The minimum absolute atomic E-state index is 0.0836. The molecule has 6 nitrogen and oxygen atoms in total. The van der Waals surface area contributed by atoms with Gasteiger partial charge in [0.1, 0.15) is 10.7 Å². The van der Waals surface area contributed by atoms with Crippen molar-refractivity contribution in [2.75, 3.05) is 0 Å². The molecular weight excluding hydrogens is 452 g/mol. The minimum Gasteiger partial charge on any atom is -0.309 e. The molecule has 0 unspecified atom stereocenters. The van der Waals surface area contributed by atoms with Crippen LogP contribution in [-0.4, -0.2) is 19.5 Å². The summed E-state index contributed by atoms with van der Waals surface area (Å²) in [4.78, 5) is 39.9. The lowest BCUT2D eigenvalue weighted by Crippen LogP contribution is -2.20. The van der Waals surface area contributed by atoms with E-state index in [1.165, 1.54) is 28.7 Å². The van der Waals surface area contributed by atoms with E-state index >= 15 is 0 Å². The fraction of sp³-hybridized carbons (Fsp3) is 0.200. The van der Waals surface area contributed by atoms with Gasteiger partial charge in [-0.1, -0.05) is 53.2 Å². The molecule has 0 aliphatic heterocycles. The van der Waals surface area contributed by atoms with Crippen molar-refractivity contribution in [3.05, 3.63) is 85.0 Å². The second kappa shape index (κ2) is 8.28. The topological polar surface area (TPSA) is 80.6 Å². The molecule has 33 heavy (non-hydrogen) atoms. The zero-order valence-electron chi connectivity index (χ0n) is 18.7.